The van der Waals surface area contributed by atoms with Gasteiger partial charge in [0.25, 0.3) is 0 Å². The van der Waals surface area contributed by atoms with Gasteiger partial charge in [-0.25, -0.2) is 0 Å². The Morgan fingerprint density at radius 3 is 2.48 bits per heavy atom. The molecule has 0 aromatic heterocycles. The number of fused-ring (bicyclic) bond motifs is 3. The largest absolute Gasteiger partial charge is 0.459 e. The smallest absolute Gasteiger partial charge is 0.315 e. The van der Waals surface area contributed by atoms with Gasteiger partial charge in [0.05, 0.1) is 6.10 Å². The predicted octanol–water partition coefficient (Wildman–Crippen LogP) is 4.88. The standard InChI is InChI=1S/C22H36O3/c1-19(2,3)25-18(24)22-13-8-7-10-15(22)21(6)12-9-11-20(4,5)16(21)14-17(22)23/h7,10,15-17,23H,8-9,11-14H2,1-6H3/t15-,16+,17+,21-,22+/m0/s1. The SMILES string of the molecule is CC(C)(C)OC(=O)[C@]12CCC=C[C@H]1[C@]1(C)CCCC(C)(C)[C@H]1C[C@H]2O. The topological polar surface area (TPSA) is 46.5 Å². The number of ether oxygens (including phenoxy) is 1. The van der Waals surface area contributed by atoms with E-state index < -0.39 is 17.1 Å². The van der Waals surface area contributed by atoms with Crippen LogP contribution < -0.4 is 0 Å². The second kappa shape index (κ2) is 5.84. The van der Waals surface area contributed by atoms with Gasteiger partial charge in [0.2, 0.25) is 0 Å². The van der Waals surface area contributed by atoms with Crippen LogP contribution in [0.3, 0.4) is 0 Å². The molecule has 0 saturated heterocycles. The van der Waals surface area contributed by atoms with Gasteiger partial charge < -0.3 is 9.84 Å². The molecule has 3 aliphatic rings. The van der Waals surface area contributed by atoms with Gasteiger partial charge in [0.1, 0.15) is 11.0 Å². The van der Waals surface area contributed by atoms with Gasteiger partial charge in [-0.05, 0) is 69.6 Å². The third-order valence-electron chi connectivity index (χ3n) is 7.43. The molecule has 2 saturated carbocycles. The van der Waals surface area contributed by atoms with E-state index in [1.807, 2.05) is 20.8 Å². The lowest BCUT2D eigenvalue weighted by Crippen LogP contribution is -2.64. The molecule has 5 atom stereocenters. The van der Waals surface area contributed by atoms with E-state index in [0.717, 1.165) is 12.8 Å². The van der Waals surface area contributed by atoms with Crippen LogP contribution in [0, 0.1) is 28.1 Å². The lowest BCUT2D eigenvalue weighted by atomic mass is 9.41. The molecule has 0 unspecified atom stereocenters. The summed E-state index contributed by atoms with van der Waals surface area (Å²) in [7, 11) is 0. The summed E-state index contributed by atoms with van der Waals surface area (Å²) in [5.74, 6) is 0.314. The van der Waals surface area contributed by atoms with Crippen molar-refractivity contribution >= 4 is 5.97 Å². The Morgan fingerprint density at radius 2 is 1.84 bits per heavy atom. The molecule has 3 nitrogen and oxygen atoms in total. The van der Waals surface area contributed by atoms with Gasteiger partial charge in [-0.1, -0.05) is 39.3 Å². The van der Waals surface area contributed by atoms with Crippen LogP contribution in [0.4, 0.5) is 0 Å². The first-order valence-corrected chi connectivity index (χ1v) is 10.0. The molecule has 0 spiro atoms. The fraction of sp³-hybridized carbons (Fsp3) is 0.864. The predicted molar refractivity (Wildman–Crippen MR) is 100.0 cm³/mol. The molecule has 3 aliphatic carbocycles. The molecule has 142 valence electrons. The normalized spacial score (nSPS) is 43.1. The molecular formula is C22H36O3. The van der Waals surface area contributed by atoms with Crippen LogP contribution in [0.15, 0.2) is 12.2 Å². The molecule has 3 rings (SSSR count). The zero-order valence-electron chi connectivity index (χ0n) is 16.9. The zero-order chi connectivity index (χ0) is 18.7. The minimum absolute atomic E-state index is 0.0504. The summed E-state index contributed by atoms with van der Waals surface area (Å²) >= 11 is 0. The Morgan fingerprint density at radius 1 is 1.16 bits per heavy atom. The minimum atomic E-state index is -0.777. The third-order valence-corrected chi connectivity index (χ3v) is 7.43. The lowest BCUT2D eigenvalue weighted by Gasteiger charge is -2.63. The van der Waals surface area contributed by atoms with Crippen molar-refractivity contribution in [3.8, 4) is 0 Å². The maximum Gasteiger partial charge on any atom is 0.315 e. The van der Waals surface area contributed by atoms with E-state index in [4.69, 9.17) is 4.74 Å². The molecule has 0 amide bonds. The summed E-state index contributed by atoms with van der Waals surface area (Å²) in [6.45, 7) is 12.8. The molecule has 3 heteroatoms. The summed E-state index contributed by atoms with van der Waals surface area (Å²) in [5.41, 5.74) is -1.05. The molecule has 0 radical (unpaired) electrons. The van der Waals surface area contributed by atoms with Crippen LogP contribution in [-0.2, 0) is 9.53 Å². The van der Waals surface area contributed by atoms with E-state index >= 15 is 0 Å². The minimum Gasteiger partial charge on any atom is -0.459 e. The van der Waals surface area contributed by atoms with Crippen LogP contribution in [0.1, 0.15) is 80.1 Å². The van der Waals surface area contributed by atoms with E-state index in [1.54, 1.807) is 0 Å². The fourth-order valence-electron chi connectivity index (χ4n) is 6.36. The van der Waals surface area contributed by atoms with Crippen LogP contribution in [0.25, 0.3) is 0 Å². The molecule has 0 aromatic carbocycles. The van der Waals surface area contributed by atoms with Crippen molar-refractivity contribution in [2.75, 3.05) is 0 Å². The number of aliphatic hydroxyl groups excluding tert-OH is 1. The van der Waals surface area contributed by atoms with Crippen molar-refractivity contribution in [2.45, 2.75) is 91.8 Å². The average Bonchev–Trinajstić information content (AvgIpc) is 2.48. The molecule has 2 fully saturated rings. The number of hydrogen-bond donors (Lipinski definition) is 1. The van der Waals surface area contributed by atoms with Gasteiger partial charge in [0.15, 0.2) is 0 Å². The number of carbonyl (C=O) groups is 1. The Hall–Kier alpha value is -0.830. The highest BCUT2D eigenvalue weighted by atomic mass is 16.6. The summed E-state index contributed by atoms with van der Waals surface area (Å²) in [4.78, 5) is 13.3. The van der Waals surface area contributed by atoms with Crippen molar-refractivity contribution in [2.24, 2.45) is 28.1 Å². The van der Waals surface area contributed by atoms with E-state index in [0.29, 0.717) is 18.8 Å². The van der Waals surface area contributed by atoms with Gasteiger partial charge in [0, 0.05) is 5.92 Å². The maximum absolute atomic E-state index is 13.3. The van der Waals surface area contributed by atoms with Crippen molar-refractivity contribution in [3.05, 3.63) is 12.2 Å². The number of rotatable bonds is 1. The van der Waals surface area contributed by atoms with Gasteiger partial charge in [-0.2, -0.15) is 0 Å². The molecule has 0 bridgehead atoms. The molecule has 25 heavy (non-hydrogen) atoms. The van der Waals surface area contributed by atoms with Gasteiger partial charge >= 0.3 is 5.97 Å². The Labute approximate surface area is 153 Å². The van der Waals surface area contributed by atoms with E-state index in [1.165, 1.54) is 12.8 Å². The Kier molecular flexibility index (Phi) is 4.42. The Bertz CT molecular complexity index is 570. The highest BCUT2D eigenvalue weighted by molar-refractivity contribution is 5.79. The summed E-state index contributed by atoms with van der Waals surface area (Å²) < 4.78 is 5.85. The monoisotopic (exact) mass is 348 g/mol. The molecular weight excluding hydrogens is 312 g/mol. The summed E-state index contributed by atoms with van der Waals surface area (Å²) in [5, 5.41) is 11.3. The van der Waals surface area contributed by atoms with Crippen LogP contribution in [0.5, 0.6) is 0 Å². The van der Waals surface area contributed by atoms with Gasteiger partial charge in [-0.3, -0.25) is 4.79 Å². The van der Waals surface area contributed by atoms with Crippen molar-refractivity contribution in [1.82, 2.24) is 0 Å². The quantitative estimate of drug-likeness (QED) is 0.543. The van der Waals surface area contributed by atoms with E-state index in [9.17, 15) is 9.90 Å². The highest BCUT2D eigenvalue weighted by Crippen LogP contribution is 2.66. The number of carbonyl (C=O) groups excluding carboxylic acids is 1. The first kappa shape index (κ1) is 18.9. The summed E-state index contributed by atoms with van der Waals surface area (Å²) in [6.07, 6.45) is 9.64. The number of esters is 1. The zero-order valence-corrected chi connectivity index (χ0v) is 16.9. The molecule has 0 aromatic rings. The number of hydrogen-bond acceptors (Lipinski definition) is 3. The van der Waals surface area contributed by atoms with E-state index in [2.05, 4.69) is 32.9 Å². The van der Waals surface area contributed by atoms with Crippen LogP contribution >= 0.6 is 0 Å². The van der Waals surface area contributed by atoms with Crippen LogP contribution in [-0.4, -0.2) is 22.8 Å². The van der Waals surface area contributed by atoms with Crippen molar-refractivity contribution < 1.29 is 14.6 Å². The molecule has 1 N–H and O–H groups in total. The highest BCUT2D eigenvalue weighted by Gasteiger charge is 2.66. The number of aliphatic hydroxyl groups is 1. The molecule has 0 heterocycles. The van der Waals surface area contributed by atoms with Crippen LogP contribution in [0.2, 0.25) is 0 Å². The first-order chi connectivity index (χ1) is 11.4. The lowest BCUT2D eigenvalue weighted by molar-refractivity contribution is -0.213. The third kappa shape index (κ3) is 2.87. The summed E-state index contributed by atoms with van der Waals surface area (Å²) in [6, 6.07) is 0. The fourth-order valence-corrected chi connectivity index (χ4v) is 6.36. The second-order valence-electron chi connectivity index (χ2n) is 10.6. The van der Waals surface area contributed by atoms with Gasteiger partial charge in [-0.15, -0.1) is 0 Å². The van der Waals surface area contributed by atoms with Crippen molar-refractivity contribution in [1.29, 1.82) is 0 Å². The van der Waals surface area contributed by atoms with Crippen molar-refractivity contribution in [3.63, 3.8) is 0 Å². The Balaban J connectivity index is 2.07. The second-order valence-corrected chi connectivity index (χ2v) is 10.6. The molecule has 0 aliphatic heterocycles. The average molecular weight is 349 g/mol. The number of allylic oxidation sites excluding steroid dienone is 2. The van der Waals surface area contributed by atoms with E-state index in [-0.39, 0.29) is 22.7 Å². The first-order valence-electron chi connectivity index (χ1n) is 10.0. The maximum atomic E-state index is 13.3.